The van der Waals surface area contributed by atoms with Crippen molar-refractivity contribution in [2.24, 2.45) is 5.92 Å². The molecule has 0 spiro atoms. The maximum absolute atomic E-state index is 12.4. The van der Waals surface area contributed by atoms with Gasteiger partial charge in [-0.15, -0.1) is 0 Å². The van der Waals surface area contributed by atoms with Gasteiger partial charge in [0.15, 0.2) is 6.10 Å². The number of hydrogen-bond donors (Lipinski definition) is 2. The summed E-state index contributed by atoms with van der Waals surface area (Å²) in [7, 11) is -4.77. The molecule has 0 saturated carbocycles. The van der Waals surface area contributed by atoms with Crippen molar-refractivity contribution in [3.05, 3.63) is 36.5 Å². The van der Waals surface area contributed by atoms with Crippen LogP contribution in [0.1, 0.15) is 175 Å². The van der Waals surface area contributed by atoms with E-state index in [2.05, 4.69) is 55.7 Å². The second kappa shape index (κ2) is 31.7. The van der Waals surface area contributed by atoms with Crippen molar-refractivity contribution in [2.45, 2.75) is 193 Å². The molecule has 3 atom stereocenters. The van der Waals surface area contributed by atoms with Gasteiger partial charge in [0.1, 0.15) is 6.61 Å². The van der Waals surface area contributed by atoms with E-state index in [4.69, 9.17) is 24.0 Å². The number of carbonyl (C=O) groups excluding carboxylic acids is 2. The van der Waals surface area contributed by atoms with Gasteiger partial charge < -0.3 is 24.0 Å². The quantitative estimate of drug-likeness (QED) is 0.0214. The first kappa shape index (κ1) is 47.3. The van der Waals surface area contributed by atoms with Crippen LogP contribution in [0.5, 0.6) is 0 Å². The fourth-order valence-electron chi connectivity index (χ4n) is 5.83. The molecule has 1 aliphatic rings. The molecular formula is C41H73O9P. The average Bonchev–Trinajstić information content (AvgIpc) is 3.84. The highest BCUT2D eigenvalue weighted by Gasteiger charge is 2.36. The number of allylic oxidation sites excluding steroid dienone is 4. The molecule has 2 unspecified atom stereocenters. The van der Waals surface area contributed by atoms with Crippen molar-refractivity contribution < 1.29 is 42.7 Å². The van der Waals surface area contributed by atoms with Gasteiger partial charge in [0, 0.05) is 12.8 Å². The van der Waals surface area contributed by atoms with Crippen LogP contribution in [0.15, 0.2) is 36.5 Å². The third-order valence-electron chi connectivity index (χ3n) is 8.99. The van der Waals surface area contributed by atoms with E-state index in [1.165, 1.54) is 83.5 Å². The molecule has 0 aromatic carbocycles. The Labute approximate surface area is 310 Å². The maximum Gasteiger partial charge on any atom is 0.469 e. The molecule has 0 radical (unpaired) electrons. The number of phosphoric ester groups is 1. The smallest absolute Gasteiger partial charge is 0.462 e. The van der Waals surface area contributed by atoms with Gasteiger partial charge in [-0.05, 0) is 57.3 Å². The summed E-state index contributed by atoms with van der Waals surface area (Å²) in [6.45, 7) is 5.93. The minimum atomic E-state index is -4.77. The minimum absolute atomic E-state index is 0.131. The zero-order valence-corrected chi connectivity index (χ0v) is 33.3. The molecule has 0 amide bonds. The van der Waals surface area contributed by atoms with Crippen molar-refractivity contribution >= 4 is 19.8 Å². The lowest BCUT2D eigenvalue weighted by atomic mass is 10.0. The van der Waals surface area contributed by atoms with Crippen molar-refractivity contribution in [1.29, 1.82) is 0 Å². The fourth-order valence-corrected chi connectivity index (χ4v) is 6.19. The molecule has 9 nitrogen and oxygen atoms in total. The highest BCUT2D eigenvalue weighted by atomic mass is 31.2. The van der Waals surface area contributed by atoms with Gasteiger partial charge in [0.05, 0.1) is 18.8 Å². The Bertz CT molecular complexity index is 1000. The van der Waals surface area contributed by atoms with Gasteiger partial charge in [-0.3, -0.25) is 14.1 Å². The van der Waals surface area contributed by atoms with Crippen molar-refractivity contribution in [2.75, 3.05) is 13.2 Å². The molecule has 1 saturated heterocycles. The van der Waals surface area contributed by atoms with Gasteiger partial charge in [-0.25, -0.2) is 4.57 Å². The SMILES string of the molecule is CCCCC/C=C\CC1OC1C/C=C\C/C=C\CCCC(=O)O[C@H](COC(=O)CCCCCCCCCCCCCCC(C)C)COP(=O)(O)O. The predicted octanol–water partition coefficient (Wildman–Crippen LogP) is 11.0. The Morgan fingerprint density at radius 3 is 1.80 bits per heavy atom. The van der Waals surface area contributed by atoms with Crippen molar-refractivity contribution in [1.82, 2.24) is 0 Å². The highest BCUT2D eigenvalue weighted by molar-refractivity contribution is 7.46. The molecule has 0 aromatic heterocycles. The number of carbonyl (C=O) groups is 2. The third kappa shape index (κ3) is 32.6. The molecule has 51 heavy (non-hydrogen) atoms. The number of hydrogen-bond acceptors (Lipinski definition) is 7. The molecule has 2 N–H and O–H groups in total. The molecule has 296 valence electrons. The van der Waals surface area contributed by atoms with Crippen LogP contribution in [0.3, 0.4) is 0 Å². The molecule has 10 heteroatoms. The molecule has 0 aromatic rings. The second-order valence-electron chi connectivity index (χ2n) is 14.5. The normalized spacial score (nSPS) is 16.9. The number of phosphoric acid groups is 1. The van der Waals surface area contributed by atoms with E-state index in [1.54, 1.807) is 0 Å². The molecule has 0 bridgehead atoms. The van der Waals surface area contributed by atoms with Crippen molar-refractivity contribution in [3.63, 3.8) is 0 Å². The number of unbranched alkanes of at least 4 members (excludes halogenated alkanes) is 15. The van der Waals surface area contributed by atoms with Crippen molar-refractivity contribution in [3.8, 4) is 0 Å². The third-order valence-corrected chi connectivity index (χ3v) is 9.48. The first-order valence-corrected chi connectivity index (χ1v) is 21.8. The Morgan fingerprint density at radius 2 is 1.20 bits per heavy atom. The van der Waals surface area contributed by atoms with Gasteiger partial charge >= 0.3 is 19.8 Å². The van der Waals surface area contributed by atoms with Crippen LogP contribution in [-0.2, 0) is 32.9 Å². The summed E-state index contributed by atoms with van der Waals surface area (Å²) in [5.41, 5.74) is 0. The lowest BCUT2D eigenvalue weighted by Crippen LogP contribution is -2.29. The second-order valence-corrected chi connectivity index (χ2v) is 15.7. The zero-order chi connectivity index (χ0) is 37.4. The van der Waals surface area contributed by atoms with E-state index in [1.807, 2.05) is 6.08 Å². The number of rotatable bonds is 35. The van der Waals surface area contributed by atoms with Crippen LogP contribution in [0.4, 0.5) is 0 Å². The van der Waals surface area contributed by atoms with Crippen LogP contribution in [-0.4, -0.2) is 53.3 Å². The van der Waals surface area contributed by atoms with E-state index in [0.29, 0.717) is 31.5 Å². The number of esters is 2. The summed E-state index contributed by atoms with van der Waals surface area (Å²) in [4.78, 5) is 42.8. The molecule has 1 fully saturated rings. The molecule has 1 aliphatic heterocycles. The Balaban J connectivity index is 2.11. The molecule has 0 aliphatic carbocycles. The van der Waals surface area contributed by atoms with E-state index >= 15 is 0 Å². The van der Waals surface area contributed by atoms with E-state index in [9.17, 15) is 14.2 Å². The molecule has 1 heterocycles. The predicted molar refractivity (Wildman–Crippen MR) is 206 cm³/mol. The standard InChI is InChI=1S/C41H73O9P/c1-4-5-6-7-20-25-30-38-39(50-38)31-26-21-16-14-18-23-28-33-41(43)49-37(35-48-51(44,45)46)34-47-40(42)32-27-22-17-13-11-9-8-10-12-15-19-24-29-36(2)3/h14,18,20-21,25-26,36-39H,4-13,15-17,19,22-24,27-35H2,1-3H3,(H2,44,45,46)/b18-14-,25-20-,26-21-/t37-,38?,39?/m1/s1. The monoisotopic (exact) mass is 740 g/mol. The largest absolute Gasteiger partial charge is 0.469 e. The number of ether oxygens (including phenoxy) is 3. The summed E-state index contributed by atoms with van der Waals surface area (Å²) < 4.78 is 32.0. The summed E-state index contributed by atoms with van der Waals surface area (Å²) >= 11 is 0. The van der Waals surface area contributed by atoms with Gasteiger partial charge in [-0.1, -0.05) is 147 Å². The molecular weight excluding hydrogens is 667 g/mol. The van der Waals surface area contributed by atoms with Gasteiger partial charge in [-0.2, -0.15) is 0 Å². The summed E-state index contributed by atoms with van der Waals surface area (Å²) in [5.74, 6) is -0.139. The number of epoxide rings is 1. The topological polar surface area (TPSA) is 132 Å². The highest BCUT2D eigenvalue weighted by Crippen LogP contribution is 2.36. The Kier molecular flexibility index (Phi) is 29.4. The lowest BCUT2D eigenvalue weighted by molar-refractivity contribution is -0.161. The zero-order valence-electron chi connectivity index (χ0n) is 32.4. The van der Waals surface area contributed by atoms with E-state index in [0.717, 1.165) is 44.4 Å². The first-order valence-electron chi connectivity index (χ1n) is 20.3. The molecule has 1 rings (SSSR count). The summed E-state index contributed by atoms with van der Waals surface area (Å²) in [5, 5.41) is 0. The van der Waals surface area contributed by atoms with Crippen LogP contribution < -0.4 is 0 Å². The van der Waals surface area contributed by atoms with Crippen LogP contribution in [0.25, 0.3) is 0 Å². The summed E-state index contributed by atoms with van der Waals surface area (Å²) in [6.07, 6.45) is 37.6. The van der Waals surface area contributed by atoms with E-state index < -0.39 is 32.5 Å². The first-order chi connectivity index (χ1) is 24.6. The van der Waals surface area contributed by atoms with Crippen LogP contribution >= 0.6 is 7.82 Å². The minimum Gasteiger partial charge on any atom is -0.462 e. The van der Waals surface area contributed by atoms with E-state index in [-0.39, 0.29) is 19.4 Å². The Morgan fingerprint density at radius 1 is 0.667 bits per heavy atom. The van der Waals surface area contributed by atoms with Crippen LogP contribution in [0, 0.1) is 5.92 Å². The Hall–Kier alpha value is -1.77. The lowest BCUT2D eigenvalue weighted by Gasteiger charge is -2.18. The van der Waals surface area contributed by atoms with Gasteiger partial charge in [0.2, 0.25) is 0 Å². The van der Waals surface area contributed by atoms with Gasteiger partial charge in [0.25, 0.3) is 0 Å². The maximum atomic E-state index is 12.4. The fraction of sp³-hybridized carbons (Fsp3) is 0.805. The van der Waals surface area contributed by atoms with Crippen LogP contribution in [0.2, 0.25) is 0 Å². The average molecular weight is 741 g/mol. The summed E-state index contributed by atoms with van der Waals surface area (Å²) in [6, 6.07) is 0.